The number of rotatable bonds is 7. The van der Waals surface area contributed by atoms with Crippen molar-refractivity contribution in [3.63, 3.8) is 0 Å². The van der Waals surface area contributed by atoms with Gasteiger partial charge in [0.25, 0.3) is 0 Å². The van der Waals surface area contributed by atoms with E-state index in [4.69, 9.17) is 10.5 Å². The molecule has 2 aromatic heterocycles. The van der Waals surface area contributed by atoms with E-state index in [2.05, 4.69) is 26.0 Å². The van der Waals surface area contributed by atoms with Gasteiger partial charge in [0, 0.05) is 24.8 Å². The third-order valence-corrected chi connectivity index (χ3v) is 5.26. The maximum absolute atomic E-state index is 14.0. The summed E-state index contributed by atoms with van der Waals surface area (Å²) >= 11 is 3.22. The number of aromatic hydroxyl groups is 1. The number of halogens is 2. The summed E-state index contributed by atoms with van der Waals surface area (Å²) in [7, 11) is 0. The number of phenolic OH excluding ortho intramolecular Hbond substituents is 1. The molecule has 0 aliphatic carbocycles. The molecule has 0 atom stereocenters. The second-order valence-corrected chi connectivity index (χ2v) is 7.96. The summed E-state index contributed by atoms with van der Waals surface area (Å²) in [6.07, 6.45) is 1.64. The van der Waals surface area contributed by atoms with Crippen molar-refractivity contribution in [2.75, 3.05) is 23.8 Å². The van der Waals surface area contributed by atoms with Gasteiger partial charge in [-0.05, 0) is 47.0 Å². The molecule has 3 aromatic rings. The Morgan fingerprint density at radius 1 is 1.40 bits per heavy atom. The van der Waals surface area contributed by atoms with E-state index in [9.17, 15) is 14.3 Å². The molecular formula is C20H23BrFN5O3. The molecule has 10 heteroatoms. The summed E-state index contributed by atoms with van der Waals surface area (Å²) in [6.45, 7) is 6.74. The monoisotopic (exact) mass is 479 g/mol. The highest BCUT2D eigenvalue weighted by Crippen LogP contribution is 2.31. The van der Waals surface area contributed by atoms with Crippen LogP contribution in [-0.4, -0.2) is 38.8 Å². The quantitative estimate of drug-likeness (QED) is 0.496. The van der Waals surface area contributed by atoms with Crippen molar-refractivity contribution in [2.24, 2.45) is 5.92 Å². The number of benzene rings is 1. The number of phenols is 1. The number of hydrogen-bond acceptors (Lipinski definition) is 7. The van der Waals surface area contributed by atoms with Crippen LogP contribution in [0, 0.1) is 11.7 Å². The first-order valence-electron chi connectivity index (χ1n) is 9.45. The van der Waals surface area contributed by atoms with Crippen LogP contribution in [-0.2, 0) is 11.3 Å². The molecule has 0 fully saturated rings. The summed E-state index contributed by atoms with van der Waals surface area (Å²) in [5.74, 6) is -0.299. The zero-order valence-corrected chi connectivity index (χ0v) is 18.5. The summed E-state index contributed by atoms with van der Waals surface area (Å²) in [5.41, 5.74) is 6.66. The average Bonchev–Trinajstić information content (AvgIpc) is 3.02. The molecule has 8 nitrogen and oxygen atoms in total. The third-order valence-electron chi connectivity index (χ3n) is 4.41. The van der Waals surface area contributed by atoms with Gasteiger partial charge >= 0.3 is 5.97 Å². The molecule has 160 valence electrons. The predicted molar refractivity (Wildman–Crippen MR) is 115 cm³/mol. The fourth-order valence-corrected chi connectivity index (χ4v) is 3.58. The molecule has 0 amide bonds. The maximum atomic E-state index is 14.0. The van der Waals surface area contributed by atoms with Gasteiger partial charge in [-0.15, -0.1) is 5.10 Å². The SMILES string of the molecule is CCOC(=O)c1c(N)nn2ccc(N(Cc3c(O)ccc(F)c3Br)CC(C)C)nc12. The number of hydrogen-bond donors (Lipinski definition) is 2. The van der Waals surface area contributed by atoms with E-state index in [-0.39, 0.29) is 46.3 Å². The van der Waals surface area contributed by atoms with E-state index in [1.807, 2.05) is 18.7 Å². The number of aromatic nitrogens is 3. The van der Waals surface area contributed by atoms with Crippen LogP contribution in [0.1, 0.15) is 36.7 Å². The molecule has 2 heterocycles. The molecule has 0 bridgehead atoms. The topological polar surface area (TPSA) is 106 Å². The van der Waals surface area contributed by atoms with Crippen LogP contribution in [0.5, 0.6) is 5.75 Å². The van der Waals surface area contributed by atoms with Gasteiger partial charge in [0.1, 0.15) is 22.9 Å². The maximum Gasteiger partial charge on any atom is 0.345 e. The van der Waals surface area contributed by atoms with Gasteiger partial charge < -0.3 is 20.5 Å². The first-order chi connectivity index (χ1) is 14.2. The molecule has 1 aromatic carbocycles. The molecule has 0 saturated heterocycles. The van der Waals surface area contributed by atoms with Gasteiger partial charge in [0.2, 0.25) is 0 Å². The van der Waals surface area contributed by atoms with Gasteiger partial charge in [-0.2, -0.15) is 0 Å². The molecule has 0 radical (unpaired) electrons. The summed E-state index contributed by atoms with van der Waals surface area (Å²) in [6, 6.07) is 4.23. The van der Waals surface area contributed by atoms with Gasteiger partial charge in [-0.3, -0.25) is 0 Å². The standard InChI is InChI=1S/C20H23BrFN5O3/c1-4-30-20(29)16-18(23)25-27-8-7-15(24-19(16)27)26(9-11(2)3)10-12-14(28)6-5-13(22)17(12)21/h5-8,11,28H,4,9-10H2,1-3H3,(H2,23,25). The largest absolute Gasteiger partial charge is 0.508 e. The van der Waals surface area contributed by atoms with Crippen molar-refractivity contribution >= 4 is 39.2 Å². The second-order valence-electron chi connectivity index (χ2n) is 7.17. The first-order valence-corrected chi connectivity index (χ1v) is 10.2. The highest BCUT2D eigenvalue weighted by molar-refractivity contribution is 9.10. The minimum atomic E-state index is -0.601. The summed E-state index contributed by atoms with van der Waals surface area (Å²) in [4.78, 5) is 18.8. The Balaban J connectivity index is 2.07. The lowest BCUT2D eigenvalue weighted by molar-refractivity contribution is 0.0529. The van der Waals surface area contributed by atoms with Crippen molar-refractivity contribution in [1.82, 2.24) is 14.6 Å². The summed E-state index contributed by atoms with van der Waals surface area (Å²) < 4.78 is 20.7. The number of fused-ring (bicyclic) bond motifs is 1. The Labute approximate surface area is 181 Å². The highest BCUT2D eigenvalue weighted by atomic mass is 79.9. The van der Waals surface area contributed by atoms with Crippen LogP contribution in [0.2, 0.25) is 0 Å². The Kier molecular flexibility index (Phi) is 6.45. The minimum absolute atomic E-state index is 0.0269. The van der Waals surface area contributed by atoms with Crippen LogP contribution in [0.25, 0.3) is 5.65 Å². The normalized spacial score (nSPS) is 11.3. The van der Waals surface area contributed by atoms with E-state index in [1.54, 1.807) is 19.2 Å². The predicted octanol–water partition coefficient (Wildman–Crippen LogP) is 3.76. The Bertz CT molecular complexity index is 1090. The first kappa shape index (κ1) is 21.8. The minimum Gasteiger partial charge on any atom is -0.508 e. The lowest BCUT2D eigenvalue weighted by Crippen LogP contribution is -2.28. The Hall–Kier alpha value is -2.88. The van der Waals surface area contributed by atoms with E-state index >= 15 is 0 Å². The smallest absolute Gasteiger partial charge is 0.345 e. The van der Waals surface area contributed by atoms with Crippen LogP contribution in [0.3, 0.4) is 0 Å². The highest BCUT2D eigenvalue weighted by Gasteiger charge is 2.23. The molecule has 30 heavy (non-hydrogen) atoms. The zero-order chi connectivity index (χ0) is 22.0. The molecular weight excluding hydrogens is 457 g/mol. The second kappa shape index (κ2) is 8.86. The fraction of sp³-hybridized carbons (Fsp3) is 0.350. The molecule has 3 rings (SSSR count). The Morgan fingerprint density at radius 3 is 2.80 bits per heavy atom. The lowest BCUT2D eigenvalue weighted by atomic mass is 10.1. The van der Waals surface area contributed by atoms with Gasteiger partial charge in [0.15, 0.2) is 11.5 Å². The van der Waals surface area contributed by atoms with Gasteiger partial charge in [0.05, 0.1) is 11.1 Å². The number of nitrogens with two attached hydrogens (primary N) is 1. The Morgan fingerprint density at radius 2 is 2.13 bits per heavy atom. The van der Waals surface area contributed by atoms with Crippen LogP contribution >= 0.6 is 15.9 Å². The van der Waals surface area contributed by atoms with Crippen molar-refractivity contribution in [2.45, 2.75) is 27.3 Å². The zero-order valence-electron chi connectivity index (χ0n) is 16.9. The van der Waals surface area contributed by atoms with Crippen LogP contribution in [0.15, 0.2) is 28.9 Å². The van der Waals surface area contributed by atoms with Gasteiger partial charge in [-0.1, -0.05) is 13.8 Å². The number of ether oxygens (including phenoxy) is 1. The fourth-order valence-electron chi connectivity index (χ4n) is 3.12. The molecule has 0 saturated carbocycles. The number of carbonyl (C=O) groups excluding carboxylic acids is 1. The third kappa shape index (κ3) is 4.33. The number of carbonyl (C=O) groups is 1. The van der Waals surface area contributed by atoms with Crippen LogP contribution < -0.4 is 10.6 Å². The molecule has 3 N–H and O–H groups in total. The van der Waals surface area contributed by atoms with E-state index < -0.39 is 11.8 Å². The number of nitrogens with zero attached hydrogens (tertiary/aromatic N) is 4. The molecule has 0 spiro atoms. The number of nitrogen functional groups attached to an aromatic ring is 1. The number of anilines is 2. The molecule has 0 aliphatic heterocycles. The van der Waals surface area contributed by atoms with E-state index in [0.717, 1.165) is 0 Å². The van der Waals surface area contributed by atoms with E-state index in [0.29, 0.717) is 17.9 Å². The molecule has 0 unspecified atom stereocenters. The number of esters is 1. The van der Waals surface area contributed by atoms with Crippen molar-refractivity contribution in [3.05, 3.63) is 45.8 Å². The van der Waals surface area contributed by atoms with E-state index in [1.165, 1.54) is 16.6 Å². The lowest BCUT2D eigenvalue weighted by Gasteiger charge is -2.26. The van der Waals surface area contributed by atoms with Crippen LogP contribution in [0.4, 0.5) is 16.0 Å². The average molecular weight is 480 g/mol. The van der Waals surface area contributed by atoms with Crippen molar-refractivity contribution in [3.8, 4) is 5.75 Å². The van der Waals surface area contributed by atoms with Gasteiger partial charge in [-0.25, -0.2) is 18.7 Å². The molecule has 0 aliphatic rings. The summed E-state index contributed by atoms with van der Waals surface area (Å²) in [5, 5.41) is 14.4. The van der Waals surface area contributed by atoms with Crippen molar-refractivity contribution < 1.29 is 19.0 Å². The van der Waals surface area contributed by atoms with Crippen molar-refractivity contribution in [1.29, 1.82) is 0 Å².